The van der Waals surface area contributed by atoms with Crippen LogP contribution < -0.4 is 40.2 Å². The number of rotatable bonds is 22. The average molecular weight is 976 g/mol. The Bertz CT molecular complexity index is 2240. The molecule has 18 nitrogen and oxygen atoms in total. The van der Waals surface area contributed by atoms with Crippen molar-refractivity contribution in [1.29, 1.82) is 0 Å². The van der Waals surface area contributed by atoms with E-state index < -0.39 is 12.5 Å². The monoisotopic (exact) mass is 974 g/mol. The Kier molecular flexibility index (Phi) is 27.6. The number of amides is 2. The molecule has 65 heavy (non-hydrogen) atoms. The molecule has 0 saturated heterocycles. The maximum absolute atomic E-state index is 12.6. The molecule has 0 aliphatic heterocycles. The number of methoxy groups -OCH3 is 2. The fraction of sp³-hybridized carbons (Fsp3) is 0.467. The Morgan fingerprint density at radius 1 is 0.662 bits per heavy atom. The van der Waals surface area contributed by atoms with Gasteiger partial charge in [0.2, 0.25) is 0 Å². The number of fused-ring (bicyclic) bond motifs is 2. The number of hydrogen-bond donors (Lipinski definition) is 3. The van der Waals surface area contributed by atoms with Crippen molar-refractivity contribution in [3.63, 3.8) is 0 Å². The predicted octanol–water partition coefficient (Wildman–Crippen LogP) is 5.00. The summed E-state index contributed by atoms with van der Waals surface area (Å²) in [5.41, 5.74) is 3.03. The minimum atomic E-state index is -0.604. The van der Waals surface area contributed by atoms with E-state index in [1.165, 1.54) is 12.7 Å². The smallest absolute Gasteiger partial charge is 1.00 e. The van der Waals surface area contributed by atoms with Gasteiger partial charge in [0, 0.05) is 30.7 Å². The molecule has 2 aromatic carbocycles. The van der Waals surface area contributed by atoms with E-state index in [0.29, 0.717) is 64.9 Å². The zero-order chi connectivity index (χ0) is 45.4. The first-order valence-corrected chi connectivity index (χ1v) is 22.0. The zero-order valence-electron chi connectivity index (χ0n) is 38.7. The molecule has 0 saturated carbocycles. The topological polar surface area (TPSA) is 212 Å². The Labute approximate surface area is 413 Å². The maximum Gasteiger partial charge on any atom is 1.00 e. The van der Waals surface area contributed by atoms with Crippen LogP contribution in [-0.2, 0) is 23.7 Å². The fourth-order valence-electron chi connectivity index (χ4n) is 6.04. The van der Waals surface area contributed by atoms with Gasteiger partial charge < -0.3 is 40.9 Å². The summed E-state index contributed by atoms with van der Waals surface area (Å²) in [6.45, 7) is 10.1. The molecule has 4 heterocycles. The van der Waals surface area contributed by atoms with Gasteiger partial charge in [0.1, 0.15) is 12.7 Å². The number of benzene rings is 2. The Hall–Kier alpha value is -4.28. The number of nitrogens with zero attached hydrogens (tertiary/aromatic N) is 8. The van der Waals surface area contributed by atoms with E-state index in [0.717, 1.165) is 37.6 Å². The summed E-state index contributed by atoms with van der Waals surface area (Å²) in [6, 6.07) is 17.8. The second-order valence-electron chi connectivity index (χ2n) is 13.7. The van der Waals surface area contributed by atoms with Crippen LogP contribution in [-0.4, -0.2) is 121 Å². The van der Waals surface area contributed by atoms with Gasteiger partial charge >= 0.3 is 29.6 Å². The van der Waals surface area contributed by atoms with Crippen LogP contribution in [0.1, 0.15) is 95.4 Å². The van der Waals surface area contributed by atoms with Crippen LogP contribution in [0.2, 0.25) is 0 Å². The van der Waals surface area contributed by atoms with Crippen LogP contribution in [0.5, 0.6) is 0 Å². The van der Waals surface area contributed by atoms with E-state index in [-0.39, 0.29) is 69.0 Å². The van der Waals surface area contributed by atoms with Crippen molar-refractivity contribution >= 4 is 61.7 Å². The van der Waals surface area contributed by atoms with Crippen LogP contribution in [0.15, 0.2) is 86.0 Å². The average Bonchev–Trinajstić information content (AvgIpc) is 3.97. The molecule has 0 bridgehead atoms. The third-order valence-electron chi connectivity index (χ3n) is 9.52. The number of anilines is 2. The molecule has 0 radical (unpaired) electrons. The van der Waals surface area contributed by atoms with E-state index in [1.807, 2.05) is 42.7 Å². The first-order valence-electron chi connectivity index (χ1n) is 20.9. The number of alkyl halides is 1. The normalized spacial score (nSPS) is 11.7. The van der Waals surface area contributed by atoms with Crippen molar-refractivity contribution in [2.24, 2.45) is 0 Å². The first-order chi connectivity index (χ1) is 30.8. The quantitative estimate of drug-likeness (QED) is 0.0465. The minimum Gasteiger partial charge on any atom is -1.00 e. The van der Waals surface area contributed by atoms with E-state index >= 15 is 0 Å². The fourth-order valence-corrected chi connectivity index (χ4v) is 6.36. The summed E-state index contributed by atoms with van der Waals surface area (Å²) in [4.78, 5) is 50.7. The SMILES string of the molecule is C.CCC(CC)O[C@H](CO)n1cnc2c(NC(=O)c3ccccc3)ncnc21.CCC(CC)O[C@H](COCCOC)n1cnc2c(NC(=O)c3ccccc3)ncnc21.COCCBr.[H-].[Na+]. The van der Waals surface area contributed by atoms with E-state index in [1.54, 1.807) is 67.8 Å². The Morgan fingerprint density at radius 3 is 1.48 bits per heavy atom. The van der Waals surface area contributed by atoms with E-state index in [4.69, 9.17) is 18.9 Å². The van der Waals surface area contributed by atoms with Crippen molar-refractivity contribution < 1.29 is 69.4 Å². The number of hydrogen-bond acceptors (Lipinski definition) is 14. The van der Waals surface area contributed by atoms with Gasteiger partial charge in [0.25, 0.3) is 11.8 Å². The largest absolute Gasteiger partial charge is 1.00 e. The van der Waals surface area contributed by atoms with Gasteiger partial charge in [-0.25, -0.2) is 29.9 Å². The van der Waals surface area contributed by atoms with Crippen molar-refractivity contribution in [3.8, 4) is 0 Å². The molecular weight excluding hydrogens is 911 g/mol. The van der Waals surface area contributed by atoms with Crippen LogP contribution in [0.4, 0.5) is 11.6 Å². The van der Waals surface area contributed by atoms with E-state index in [9.17, 15) is 14.7 Å². The Morgan fingerprint density at radius 2 is 1.09 bits per heavy atom. The summed E-state index contributed by atoms with van der Waals surface area (Å²) < 4.78 is 31.2. The number of halogens is 1. The van der Waals surface area contributed by atoms with Crippen molar-refractivity contribution in [2.45, 2.75) is 85.5 Å². The van der Waals surface area contributed by atoms with Gasteiger partial charge in [-0.2, -0.15) is 0 Å². The van der Waals surface area contributed by atoms with Gasteiger partial charge in [-0.1, -0.05) is 87.4 Å². The number of imidazole rings is 2. The molecule has 6 aromatic rings. The molecule has 0 aliphatic carbocycles. The molecule has 2 amide bonds. The van der Waals surface area contributed by atoms with Gasteiger partial charge in [-0.15, -0.1) is 0 Å². The molecule has 0 unspecified atom stereocenters. The van der Waals surface area contributed by atoms with Crippen LogP contribution in [0, 0.1) is 0 Å². The summed E-state index contributed by atoms with van der Waals surface area (Å²) in [5.74, 6) is 0.117. The molecular formula is C45H64BrN10NaO8. The van der Waals surface area contributed by atoms with Gasteiger partial charge in [-0.3, -0.25) is 18.7 Å². The molecule has 0 aliphatic rings. The summed E-state index contributed by atoms with van der Waals surface area (Å²) in [5, 5.41) is 16.3. The Balaban J connectivity index is 0.000000578. The van der Waals surface area contributed by atoms with Crippen molar-refractivity contribution in [2.75, 3.05) is 63.2 Å². The van der Waals surface area contributed by atoms with Crippen LogP contribution in [0.25, 0.3) is 22.3 Å². The number of ether oxygens (including phenoxy) is 5. The molecule has 6 rings (SSSR count). The molecule has 0 fully saturated rings. The van der Waals surface area contributed by atoms with Gasteiger partial charge in [0.05, 0.1) is 57.9 Å². The van der Waals surface area contributed by atoms with Crippen molar-refractivity contribution in [3.05, 3.63) is 97.1 Å². The van der Waals surface area contributed by atoms with Gasteiger partial charge in [-0.05, 0) is 49.9 Å². The van der Waals surface area contributed by atoms with Gasteiger partial charge in [0.15, 0.2) is 46.4 Å². The number of carbonyl (C=O) groups excluding carboxylic acids is 2. The molecule has 4 aromatic heterocycles. The summed E-state index contributed by atoms with van der Waals surface area (Å²) in [6.07, 6.45) is 8.47. The zero-order valence-corrected chi connectivity index (χ0v) is 41.3. The number of aliphatic hydroxyl groups excluding tert-OH is 1. The number of nitrogens with one attached hydrogen (secondary N) is 2. The third kappa shape index (κ3) is 17.1. The van der Waals surface area contributed by atoms with Crippen molar-refractivity contribution in [1.82, 2.24) is 39.0 Å². The van der Waals surface area contributed by atoms with Crippen LogP contribution in [0.3, 0.4) is 0 Å². The van der Waals surface area contributed by atoms with Crippen LogP contribution >= 0.6 is 15.9 Å². The summed E-state index contributed by atoms with van der Waals surface area (Å²) >= 11 is 3.18. The molecule has 20 heteroatoms. The molecule has 0 spiro atoms. The van der Waals surface area contributed by atoms with E-state index in [2.05, 4.69) is 75.1 Å². The second kappa shape index (κ2) is 31.6. The number of aliphatic hydroxyl groups is 1. The number of carbonyl (C=O) groups is 2. The predicted molar refractivity (Wildman–Crippen MR) is 252 cm³/mol. The molecule has 3 N–H and O–H groups in total. The molecule has 350 valence electrons. The summed E-state index contributed by atoms with van der Waals surface area (Å²) in [7, 11) is 3.31. The first kappa shape index (κ1) is 56.8. The standard InChI is InChI=1S/C22H29N5O4.C19H23N5O3.C3H7BrO.CH4.Na.H/c1-4-17(5-2)31-18(13-30-12-11-29-3)27-15-25-19-20(23-14-24-21(19)27)26-22(28)16-9-7-6-8-10-16;1-3-14(4-2)27-15(10-25)24-12-22-16-17(20-11-21-18(16)24)23-19(26)13-8-6-5-7-9-13;1-5-3-2-4;;;/h6-10,14-15,17-18H,4-5,11-13H2,1-3H3,(H,23,24,26,28);5-9,11-12,14-15,25H,3-4,10H2,1-2H3,(H,20,21,23,26);2-3H2,1H3;1H4;;/q;;;;+1;-1/t18-;15-;;;;/m11..../s1. The number of aromatic nitrogens is 8. The third-order valence-corrected chi connectivity index (χ3v) is 9.85. The minimum absolute atomic E-state index is 0. The maximum atomic E-state index is 12.6. The second-order valence-corrected chi connectivity index (χ2v) is 14.5. The molecule has 2 atom stereocenters.